The number of nitrogens with zero attached hydrogens (tertiary/aromatic N) is 2. The van der Waals surface area contributed by atoms with Crippen molar-refractivity contribution in [1.29, 1.82) is 0 Å². The second-order valence-electron chi connectivity index (χ2n) is 5.49. The summed E-state index contributed by atoms with van der Waals surface area (Å²) in [4.78, 5) is 4.72. The number of nitrogens with two attached hydrogens (primary N) is 1. The Balaban J connectivity index is 2.47. The zero-order valence-corrected chi connectivity index (χ0v) is 12.3. The molecule has 1 aromatic carbocycles. The monoisotopic (exact) mass is 257 g/mol. The summed E-state index contributed by atoms with van der Waals surface area (Å²) >= 11 is 0. The number of nitrogen functional groups attached to an aromatic ring is 1. The van der Waals surface area contributed by atoms with Crippen LogP contribution in [0.3, 0.4) is 0 Å². The minimum Gasteiger partial charge on any atom is -0.383 e. The van der Waals surface area contributed by atoms with E-state index < -0.39 is 0 Å². The molecule has 0 radical (unpaired) electrons. The van der Waals surface area contributed by atoms with Crippen LogP contribution < -0.4 is 5.73 Å². The lowest BCUT2D eigenvalue weighted by Crippen LogP contribution is -2.10. The molecule has 0 unspecified atom stereocenters. The Bertz CT molecular complexity index is 550. The van der Waals surface area contributed by atoms with Gasteiger partial charge in [-0.05, 0) is 12.8 Å². The summed E-state index contributed by atoms with van der Waals surface area (Å²) in [6, 6.07) is 8.38. The quantitative estimate of drug-likeness (QED) is 0.908. The largest absolute Gasteiger partial charge is 0.383 e. The molecule has 0 amide bonds. The number of hydrogen-bond donors (Lipinski definition) is 1. The highest BCUT2D eigenvalue weighted by molar-refractivity contribution is 5.71. The highest BCUT2D eigenvalue weighted by Gasteiger charge is 2.15. The van der Waals surface area contributed by atoms with Crippen molar-refractivity contribution in [3.63, 3.8) is 0 Å². The van der Waals surface area contributed by atoms with E-state index in [4.69, 9.17) is 10.7 Å². The molecule has 1 aromatic heterocycles. The van der Waals surface area contributed by atoms with E-state index in [1.165, 1.54) is 5.56 Å². The maximum absolute atomic E-state index is 6.30. The Morgan fingerprint density at radius 1 is 1.21 bits per heavy atom. The summed E-state index contributed by atoms with van der Waals surface area (Å²) < 4.78 is 2.15. The molecule has 19 heavy (non-hydrogen) atoms. The van der Waals surface area contributed by atoms with Gasteiger partial charge in [-0.25, -0.2) is 4.98 Å². The average molecular weight is 257 g/mol. The molecule has 1 heterocycles. The van der Waals surface area contributed by atoms with Gasteiger partial charge < -0.3 is 10.3 Å². The Hall–Kier alpha value is -1.77. The van der Waals surface area contributed by atoms with Crippen LogP contribution in [0.2, 0.25) is 0 Å². The first-order valence-corrected chi connectivity index (χ1v) is 6.94. The lowest BCUT2D eigenvalue weighted by atomic mass is 10.1. The van der Waals surface area contributed by atoms with Gasteiger partial charge in [0.15, 0.2) is 0 Å². The van der Waals surface area contributed by atoms with Crippen molar-refractivity contribution in [2.24, 2.45) is 5.92 Å². The fourth-order valence-corrected chi connectivity index (χ4v) is 2.28. The molecule has 0 aliphatic rings. The van der Waals surface area contributed by atoms with E-state index in [1.807, 2.05) is 0 Å². The molecule has 0 saturated heterocycles. The Kier molecular flexibility index (Phi) is 3.93. The topological polar surface area (TPSA) is 43.8 Å². The third-order valence-corrected chi connectivity index (χ3v) is 3.27. The number of benzene rings is 1. The summed E-state index contributed by atoms with van der Waals surface area (Å²) in [5, 5.41) is 0. The lowest BCUT2D eigenvalue weighted by Gasteiger charge is -2.11. The van der Waals surface area contributed by atoms with Crippen molar-refractivity contribution < 1.29 is 0 Å². The van der Waals surface area contributed by atoms with Gasteiger partial charge >= 0.3 is 0 Å². The third-order valence-electron chi connectivity index (χ3n) is 3.27. The standard InChI is InChI=1S/C16H23N3/c1-5-14-18-15(13-8-6-12(4)7-9-13)16(17)19(14)10-11(2)3/h6-9,11H,5,10,17H2,1-4H3. The van der Waals surface area contributed by atoms with Gasteiger partial charge in [0.25, 0.3) is 0 Å². The van der Waals surface area contributed by atoms with Crippen LogP contribution in [0.25, 0.3) is 11.3 Å². The third kappa shape index (κ3) is 2.80. The van der Waals surface area contributed by atoms with Gasteiger partial charge in [-0.1, -0.05) is 50.6 Å². The van der Waals surface area contributed by atoms with Crippen LogP contribution in [-0.4, -0.2) is 9.55 Å². The maximum atomic E-state index is 6.30. The zero-order chi connectivity index (χ0) is 14.0. The van der Waals surface area contributed by atoms with Crippen molar-refractivity contribution in [2.45, 2.75) is 40.7 Å². The first kappa shape index (κ1) is 13.7. The minimum absolute atomic E-state index is 0.563. The van der Waals surface area contributed by atoms with Gasteiger partial charge in [-0.3, -0.25) is 0 Å². The number of rotatable bonds is 4. The molecule has 102 valence electrons. The lowest BCUT2D eigenvalue weighted by molar-refractivity contribution is 0.513. The van der Waals surface area contributed by atoms with E-state index in [-0.39, 0.29) is 0 Å². The molecule has 0 aliphatic heterocycles. The summed E-state index contributed by atoms with van der Waals surface area (Å²) in [6.07, 6.45) is 0.906. The molecule has 0 atom stereocenters. The Morgan fingerprint density at radius 3 is 2.37 bits per heavy atom. The SMILES string of the molecule is CCc1nc(-c2ccc(C)cc2)c(N)n1CC(C)C. The maximum Gasteiger partial charge on any atom is 0.131 e. The molecule has 3 heteroatoms. The van der Waals surface area contributed by atoms with E-state index in [0.29, 0.717) is 5.92 Å². The second-order valence-corrected chi connectivity index (χ2v) is 5.49. The molecule has 0 fully saturated rings. The van der Waals surface area contributed by atoms with Crippen LogP contribution in [-0.2, 0) is 13.0 Å². The fraction of sp³-hybridized carbons (Fsp3) is 0.438. The predicted octanol–water partition coefficient (Wildman–Crippen LogP) is 3.66. The summed E-state index contributed by atoms with van der Waals surface area (Å²) in [7, 11) is 0. The zero-order valence-electron chi connectivity index (χ0n) is 12.3. The van der Waals surface area contributed by atoms with Crippen LogP contribution in [0.4, 0.5) is 5.82 Å². The molecule has 0 bridgehead atoms. The summed E-state index contributed by atoms with van der Waals surface area (Å²) in [6.45, 7) is 9.53. The number of anilines is 1. The van der Waals surface area contributed by atoms with E-state index in [1.54, 1.807) is 0 Å². The van der Waals surface area contributed by atoms with Gasteiger partial charge in [0, 0.05) is 18.5 Å². The van der Waals surface area contributed by atoms with Gasteiger partial charge in [-0.2, -0.15) is 0 Å². The highest BCUT2D eigenvalue weighted by atomic mass is 15.1. The molecule has 3 nitrogen and oxygen atoms in total. The molecule has 0 spiro atoms. The van der Waals surface area contributed by atoms with E-state index in [9.17, 15) is 0 Å². The minimum atomic E-state index is 0.563. The first-order valence-electron chi connectivity index (χ1n) is 6.94. The molecule has 0 aliphatic carbocycles. The number of imidazole rings is 1. The molecule has 2 N–H and O–H groups in total. The van der Waals surface area contributed by atoms with Crippen molar-refractivity contribution >= 4 is 5.82 Å². The average Bonchev–Trinajstić information content (AvgIpc) is 2.67. The number of aromatic nitrogens is 2. The Morgan fingerprint density at radius 2 is 1.84 bits per heavy atom. The summed E-state index contributed by atoms with van der Waals surface area (Å²) in [5.74, 6) is 2.42. The molecule has 2 rings (SSSR count). The van der Waals surface area contributed by atoms with E-state index >= 15 is 0 Å². The van der Waals surface area contributed by atoms with Crippen molar-refractivity contribution in [2.75, 3.05) is 5.73 Å². The van der Waals surface area contributed by atoms with E-state index in [2.05, 4.69) is 56.5 Å². The van der Waals surface area contributed by atoms with Gasteiger partial charge in [-0.15, -0.1) is 0 Å². The number of hydrogen-bond acceptors (Lipinski definition) is 2. The molecular weight excluding hydrogens is 234 g/mol. The van der Waals surface area contributed by atoms with Crippen molar-refractivity contribution in [3.8, 4) is 11.3 Å². The van der Waals surface area contributed by atoms with E-state index in [0.717, 1.165) is 35.9 Å². The van der Waals surface area contributed by atoms with Crippen LogP contribution in [0.15, 0.2) is 24.3 Å². The normalized spacial score (nSPS) is 11.2. The number of aryl methyl sites for hydroxylation is 2. The van der Waals surface area contributed by atoms with Crippen LogP contribution in [0, 0.1) is 12.8 Å². The highest BCUT2D eigenvalue weighted by Crippen LogP contribution is 2.27. The van der Waals surface area contributed by atoms with Crippen molar-refractivity contribution in [1.82, 2.24) is 9.55 Å². The van der Waals surface area contributed by atoms with Crippen LogP contribution in [0.5, 0.6) is 0 Å². The molecular formula is C16H23N3. The summed E-state index contributed by atoms with van der Waals surface area (Å²) in [5.41, 5.74) is 9.56. The Labute approximate surface area is 115 Å². The second kappa shape index (κ2) is 5.47. The van der Waals surface area contributed by atoms with Gasteiger partial charge in [0.2, 0.25) is 0 Å². The first-order chi connectivity index (χ1) is 9.02. The van der Waals surface area contributed by atoms with Gasteiger partial charge in [0.05, 0.1) is 0 Å². The van der Waals surface area contributed by atoms with Crippen LogP contribution >= 0.6 is 0 Å². The van der Waals surface area contributed by atoms with Gasteiger partial charge in [0.1, 0.15) is 17.3 Å². The van der Waals surface area contributed by atoms with Crippen molar-refractivity contribution in [3.05, 3.63) is 35.7 Å². The molecule has 0 saturated carbocycles. The van der Waals surface area contributed by atoms with Crippen LogP contribution in [0.1, 0.15) is 32.2 Å². The molecule has 2 aromatic rings. The fourth-order valence-electron chi connectivity index (χ4n) is 2.28. The predicted molar refractivity (Wildman–Crippen MR) is 81.0 cm³/mol. The smallest absolute Gasteiger partial charge is 0.131 e.